The van der Waals surface area contributed by atoms with E-state index in [4.69, 9.17) is 0 Å². The van der Waals surface area contributed by atoms with Gasteiger partial charge in [0.2, 0.25) is 0 Å². The van der Waals surface area contributed by atoms with E-state index in [0.29, 0.717) is 12.8 Å². The zero-order chi connectivity index (χ0) is 19.7. The summed E-state index contributed by atoms with van der Waals surface area (Å²) < 4.78 is 4.64. The number of aryl methyl sites for hydroxylation is 1. The molecule has 0 amide bonds. The minimum absolute atomic E-state index is 0.0963. The monoisotopic (exact) mass is 392 g/mol. The van der Waals surface area contributed by atoms with E-state index in [1.807, 2.05) is 6.08 Å². The Morgan fingerprint density at radius 3 is 2.30 bits per heavy atom. The second-order valence-corrected chi connectivity index (χ2v) is 8.31. The first-order valence-electron chi connectivity index (χ1n) is 10.5. The van der Waals surface area contributed by atoms with Crippen LogP contribution in [0, 0.1) is 0 Å². The minimum Gasteiger partial charge on any atom is -0.469 e. The van der Waals surface area contributed by atoms with Crippen LogP contribution in [0.1, 0.15) is 93.7 Å². The number of thiophene rings is 1. The molecule has 0 aliphatic carbocycles. The average molecular weight is 393 g/mol. The Morgan fingerprint density at radius 1 is 0.926 bits per heavy atom. The van der Waals surface area contributed by atoms with Gasteiger partial charge in [-0.05, 0) is 50.0 Å². The number of rotatable bonds is 16. The summed E-state index contributed by atoms with van der Waals surface area (Å²) in [5, 5.41) is 0. The third-order valence-electron chi connectivity index (χ3n) is 4.67. The van der Waals surface area contributed by atoms with E-state index in [2.05, 4.69) is 23.8 Å². The van der Waals surface area contributed by atoms with Gasteiger partial charge in [-0.25, -0.2) is 0 Å². The lowest BCUT2D eigenvalue weighted by Crippen LogP contribution is -1.99. The fraction of sp³-hybridized carbons (Fsp3) is 0.652. The molecule has 152 valence electrons. The maximum absolute atomic E-state index is 11.8. The molecule has 1 aromatic heterocycles. The van der Waals surface area contributed by atoms with Gasteiger partial charge in [0.25, 0.3) is 0 Å². The van der Waals surface area contributed by atoms with Crippen molar-refractivity contribution >= 4 is 29.2 Å². The number of unbranched alkanes of at least 4 members (excludes halogenated alkanes) is 8. The number of carbonyl (C=O) groups is 2. The normalized spacial score (nSPS) is 11.2. The van der Waals surface area contributed by atoms with Crippen molar-refractivity contribution in [3.05, 3.63) is 28.0 Å². The molecule has 1 heterocycles. The Bertz CT molecular complexity index is 560. The Morgan fingerprint density at radius 2 is 1.59 bits per heavy atom. The number of allylic oxidation sites excluding steroid dienone is 1. The SMILES string of the molecule is CCCCCC(=O)/C=C/c1ccc(CCCCCCCCCC(=O)OC)s1. The first kappa shape index (κ1) is 23.6. The van der Waals surface area contributed by atoms with Crippen LogP contribution in [0.3, 0.4) is 0 Å². The number of carbonyl (C=O) groups excluding carboxylic acids is 2. The van der Waals surface area contributed by atoms with Gasteiger partial charge in [0, 0.05) is 22.6 Å². The number of methoxy groups -OCH3 is 1. The van der Waals surface area contributed by atoms with Crippen LogP contribution >= 0.6 is 11.3 Å². The van der Waals surface area contributed by atoms with Crippen molar-refractivity contribution in [3.63, 3.8) is 0 Å². The molecule has 0 aromatic carbocycles. The Kier molecular flexibility index (Phi) is 13.7. The van der Waals surface area contributed by atoms with Crippen LogP contribution < -0.4 is 0 Å². The third-order valence-corrected chi connectivity index (χ3v) is 5.78. The van der Waals surface area contributed by atoms with E-state index < -0.39 is 0 Å². The minimum atomic E-state index is -0.0963. The predicted octanol–water partition coefficient (Wildman–Crippen LogP) is 6.75. The second kappa shape index (κ2) is 15.6. The van der Waals surface area contributed by atoms with Crippen molar-refractivity contribution in [2.24, 2.45) is 0 Å². The predicted molar refractivity (Wildman–Crippen MR) is 115 cm³/mol. The molecule has 0 saturated carbocycles. The lowest BCUT2D eigenvalue weighted by Gasteiger charge is -2.01. The number of esters is 1. The highest BCUT2D eigenvalue weighted by Crippen LogP contribution is 2.21. The van der Waals surface area contributed by atoms with Crippen LogP contribution in [0.25, 0.3) is 6.08 Å². The quantitative estimate of drug-likeness (QED) is 0.178. The lowest BCUT2D eigenvalue weighted by atomic mass is 10.1. The largest absolute Gasteiger partial charge is 0.469 e. The fourth-order valence-corrected chi connectivity index (χ4v) is 3.94. The summed E-state index contributed by atoms with van der Waals surface area (Å²) in [5.74, 6) is 0.144. The molecule has 0 fully saturated rings. The van der Waals surface area contributed by atoms with Gasteiger partial charge in [-0.3, -0.25) is 9.59 Å². The molecule has 1 rings (SSSR count). The van der Waals surface area contributed by atoms with Crippen molar-refractivity contribution < 1.29 is 14.3 Å². The number of ether oxygens (including phenoxy) is 1. The van der Waals surface area contributed by atoms with E-state index in [-0.39, 0.29) is 11.8 Å². The summed E-state index contributed by atoms with van der Waals surface area (Å²) in [6.45, 7) is 2.15. The topological polar surface area (TPSA) is 43.4 Å². The van der Waals surface area contributed by atoms with E-state index in [1.54, 1.807) is 17.4 Å². The molecule has 4 heteroatoms. The van der Waals surface area contributed by atoms with E-state index in [0.717, 1.165) is 38.5 Å². The van der Waals surface area contributed by atoms with Crippen molar-refractivity contribution in [3.8, 4) is 0 Å². The molecule has 27 heavy (non-hydrogen) atoms. The van der Waals surface area contributed by atoms with E-state index in [9.17, 15) is 9.59 Å². The van der Waals surface area contributed by atoms with E-state index in [1.165, 1.54) is 49.0 Å². The molecule has 0 atom stereocenters. The molecule has 0 N–H and O–H groups in total. The molecule has 0 saturated heterocycles. The standard InChI is InChI=1S/C23H36O3S/c1-3-4-10-13-20(24)16-17-22-19-18-21(27-22)14-11-8-6-5-7-9-12-15-23(25)26-2/h16-19H,3-15H2,1-2H3/b17-16+. The van der Waals surface area contributed by atoms with Crippen LogP contribution in [0.4, 0.5) is 0 Å². The molecular formula is C23H36O3S. The summed E-state index contributed by atoms with van der Waals surface area (Å²) in [6.07, 6.45) is 17.6. The summed E-state index contributed by atoms with van der Waals surface area (Å²) >= 11 is 1.80. The van der Waals surface area contributed by atoms with Gasteiger partial charge >= 0.3 is 5.97 Å². The van der Waals surface area contributed by atoms with Crippen molar-refractivity contribution in [2.75, 3.05) is 7.11 Å². The van der Waals surface area contributed by atoms with Crippen molar-refractivity contribution in [2.45, 2.75) is 90.4 Å². The van der Waals surface area contributed by atoms with E-state index >= 15 is 0 Å². The summed E-state index contributed by atoms with van der Waals surface area (Å²) in [4.78, 5) is 25.4. The fourth-order valence-electron chi connectivity index (χ4n) is 2.98. The van der Waals surface area contributed by atoms with Crippen LogP contribution in [-0.4, -0.2) is 18.9 Å². The van der Waals surface area contributed by atoms with Gasteiger partial charge < -0.3 is 4.74 Å². The van der Waals surface area contributed by atoms with Gasteiger partial charge in [-0.15, -0.1) is 11.3 Å². The number of hydrogen-bond donors (Lipinski definition) is 0. The molecule has 0 spiro atoms. The third kappa shape index (κ3) is 12.6. The first-order chi connectivity index (χ1) is 13.2. The van der Waals surface area contributed by atoms with Crippen molar-refractivity contribution in [1.82, 2.24) is 0 Å². The Labute approximate surface area is 169 Å². The van der Waals surface area contributed by atoms with Gasteiger partial charge in [0.05, 0.1) is 7.11 Å². The number of ketones is 1. The molecule has 0 unspecified atom stereocenters. The summed E-state index contributed by atoms with van der Waals surface area (Å²) in [5.41, 5.74) is 0. The summed E-state index contributed by atoms with van der Waals surface area (Å²) in [6, 6.07) is 4.32. The first-order valence-corrected chi connectivity index (χ1v) is 11.3. The molecule has 0 aliphatic rings. The summed E-state index contributed by atoms with van der Waals surface area (Å²) in [7, 11) is 1.45. The highest BCUT2D eigenvalue weighted by Gasteiger charge is 2.01. The van der Waals surface area contributed by atoms with Crippen LogP contribution in [0.2, 0.25) is 0 Å². The Hall–Kier alpha value is -1.42. The highest BCUT2D eigenvalue weighted by atomic mass is 32.1. The molecule has 0 radical (unpaired) electrons. The zero-order valence-corrected chi connectivity index (χ0v) is 18.0. The molecule has 1 aromatic rings. The lowest BCUT2D eigenvalue weighted by molar-refractivity contribution is -0.140. The smallest absolute Gasteiger partial charge is 0.305 e. The van der Waals surface area contributed by atoms with Gasteiger partial charge in [0.15, 0.2) is 5.78 Å². The van der Waals surface area contributed by atoms with Gasteiger partial charge in [-0.2, -0.15) is 0 Å². The molecule has 0 bridgehead atoms. The number of hydrogen-bond acceptors (Lipinski definition) is 4. The van der Waals surface area contributed by atoms with Crippen LogP contribution in [0.15, 0.2) is 18.2 Å². The van der Waals surface area contributed by atoms with Gasteiger partial charge in [-0.1, -0.05) is 51.9 Å². The molecule has 3 nitrogen and oxygen atoms in total. The molecule has 0 aliphatic heterocycles. The highest BCUT2D eigenvalue weighted by molar-refractivity contribution is 7.12. The average Bonchev–Trinajstić information content (AvgIpc) is 3.12. The maximum Gasteiger partial charge on any atom is 0.305 e. The zero-order valence-electron chi connectivity index (χ0n) is 17.1. The molecular weight excluding hydrogens is 356 g/mol. The Balaban J connectivity index is 2.07. The van der Waals surface area contributed by atoms with Crippen LogP contribution in [-0.2, 0) is 20.7 Å². The van der Waals surface area contributed by atoms with Crippen molar-refractivity contribution in [1.29, 1.82) is 0 Å². The maximum atomic E-state index is 11.8. The van der Waals surface area contributed by atoms with Gasteiger partial charge in [0.1, 0.15) is 0 Å². The van der Waals surface area contributed by atoms with Crippen LogP contribution in [0.5, 0.6) is 0 Å². The second-order valence-electron chi connectivity index (χ2n) is 7.11.